The molecule has 58 valence electrons. The van der Waals surface area contributed by atoms with Crippen molar-refractivity contribution in [3.8, 4) is 0 Å². The van der Waals surface area contributed by atoms with Crippen molar-refractivity contribution < 1.29 is 8.78 Å². The third kappa shape index (κ3) is 2.52. The number of alkyl halides is 2. The van der Waals surface area contributed by atoms with Gasteiger partial charge in [0.05, 0.1) is 5.71 Å². The molecule has 0 aromatic rings. The first-order chi connectivity index (χ1) is 4.59. The minimum atomic E-state index is -2.74. The third-order valence-electron chi connectivity index (χ3n) is 0.888. The van der Waals surface area contributed by atoms with E-state index in [1.165, 1.54) is 14.0 Å². The van der Waals surface area contributed by atoms with Gasteiger partial charge in [-0.3, -0.25) is 5.41 Å². The Labute approximate surface area is 57.6 Å². The summed E-state index contributed by atoms with van der Waals surface area (Å²) in [6.45, 7) is 1.35. The fraction of sp³-hybridized carbons (Fsp3) is 0.600. The van der Waals surface area contributed by atoms with Crippen LogP contribution in [0.15, 0.2) is 5.10 Å². The van der Waals surface area contributed by atoms with Gasteiger partial charge in [-0.05, 0) is 6.92 Å². The molecule has 0 radical (unpaired) electrons. The van der Waals surface area contributed by atoms with E-state index in [0.717, 1.165) is 0 Å². The predicted octanol–water partition coefficient (Wildman–Crippen LogP) is 0.867. The molecule has 0 saturated carbocycles. The molecule has 0 aromatic carbocycles. The van der Waals surface area contributed by atoms with Crippen LogP contribution in [0, 0.1) is 5.41 Å². The predicted molar refractivity (Wildman–Crippen MR) is 35.9 cm³/mol. The van der Waals surface area contributed by atoms with Gasteiger partial charge >= 0.3 is 0 Å². The zero-order valence-corrected chi connectivity index (χ0v) is 5.78. The summed E-state index contributed by atoms with van der Waals surface area (Å²) < 4.78 is 23.3. The fourth-order valence-electron chi connectivity index (χ4n) is 0.386. The smallest absolute Gasteiger partial charge is 0.281 e. The summed E-state index contributed by atoms with van der Waals surface area (Å²) >= 11 is 0. The largest absolute Gasteiger partial charge is 0.313 e. The first-order valence-corrected chi connectivity index (χ1v) is 2.67. The second-order valence-corrected chi connectivity index (χ2v) is 1.64. The molecule has 0 atom stereocenters. The second-order valence-electron chi connectivity index (χ2n) is 1.64. The highest BCUT2D eigenvalue weighted by Crippen LogP contribution is 1.95. The van der Waals surface area contributed by atoms with Crippen LogP contribution in [0.4, 0.5) is 8.78 Å². The molecule has 3 nitrogen and oxygen atoms in total. The van der Waals surface area contributed by atoms with Crippen LogP contribution < -0.4 is 5.43 Å². The summed E-state index contributed by atoms with van der Waals surface area (Å²) in [5.74, 6) is 0. The van der Waals surface area contributed by atoms with Gasteiger partial charge < -0.3 is 5.43 Å². The van der Waals surface area contributed by atoms with Crippen LogP contribution in [0.2, 0.25) is 0 Å². The van der Waals surface area contributed by atoms with E-state index in [1.54, 1.807) is 0 Å². The van der Waals surface area contributed by atoms with E-state index >= 15 is 0 Å². The van der Waals surface area contributed by atoms with E-state index in [1.807, 2.05) is 0 Å². The lowest BCUT2D eigenvalue weighted by atomic mass is 10.3. The van der Waals surface area contributed by atoms with E-state index < -0.39 is 12.1 Å². The molecule has 0 aromatic heterocycles. The summed E-state index contributed by atoms with van der Waals surface area (Å²) in [5, 5.41) is 10.1. The summed E-state index contributed by atoms with van der Waals surface area (Å²) in [7, 11) is 1.49. The molecule has 5 heteroatoms. The molecule has 10 heavy (non-hydrogen) atoms. The number of hydrogen-bond donors (Lipinski definition) is 2. The van der Waals surface area contributed by atoms with Gasteiger partial charge in [-0.1, -0.05) is 0 Å². The van der Waals surface area contributed by atoms with E-state index in [2.05, 4.69) is 10.5 Å². The Morgan fingerprint density at radius 3 is 2.40 bits per heavy atom. The van der Waals surface area contributed by atoms with Crippen LogP contribution in [-0.4, -0.2) is 24.9 Å². The number of nitrogens with one attached hydrogen (secondary N) is 2. The lowest BCUT2D eigenvalue weighted by molar-refractivity contribution is 0.227. The molecule has 0 rings (SSSR count). The molecule has 0 bridgehead atoms. The van der Waals surface area contributed by atoms with Gasteiger partial charge in [0.1, 0.15) is 5.71 Å². The zero-order valence-electron chi connectivity index (χ0n) is 5.78. The van der Waals surface area contributed by atoms with E-state index in [9.17, 15) is 8.78 Å². The Balaban J connectivity index is 4.08. The van der Waals surface area contributed by atoms with E-state index in [0.29, 0.717) is 0 Å². The average molecular weight is 149 g/mol. The van der Waals surface area contributed by atoms with Gasteiger partial charge in [0.25, 0.3) is 6.43 Å². The monoisotopic (exact) mass is 149 g/mol. The van der Waals surface area contributed by atoms with Crippen molar-refractivity contribution >= 4 is 11.4 Å². The molecule has 0 aliphatic rings. The normalized spacial score (nSPS) is 11.9. The highest BCUT2D eigenvalue weighted by Gasteiger charge is 2.13. The van der Waals surface area contributed by atoms with Crippen LogP contribution in [0.3, 0.4) is 0 Å². The van der Waals surface area contributed by atoms with E-state index in [4.69, 9.17) is 5.41 Å². The maximum atomic E-state index is 11.7. The first-order valence-electron chi connectivity index (χ1n) is 2.67. The van der Waals surface area contributed by atoms with Gasteiger partial charge in [-0.2, -0.15) is 5.10 Å². The van der Waals surface area contributed by atoms with Gasteiger partial charge in [0.2, 0.25) is 0 Å². The molecule has 0 aliphatic heterocycles. The molecule has 0 heterocycles. The summed E-state index contributed by atoms with van der Waals surface area (Å²) in [5.41, 5.74) is 1.59. The van der Waals surface area contributed by atoms with Crippen molar-refractivity contribution in [3.63, 3.8) is 0 Å². The van der Waals surface area contributed by atoms with Crippen molar-refractivity contribution in [1.29, 1.82) is 5.41 Å². The van der Waals surface area contributed by atoms with Crippen LogP contribution >= 0.6 is 0 Å². The highest BCUT2D eigenvalue weighted by atomic mass is 19.3. The van der Waals surface area contributed by atoms with Crippen LogP contribution in [0.1, 0.15) is 6.92 Å². The third-order valence-corrected chi connectivity index (χ3v) is 0.888. The molecule has 0 aliphatic carbocycles. The molecule has 0 unspecified atom stereocenters. The lowest BCUT2D eigenvalue weighted by Crippen LogP contribution is -2.20. The van der Waals surface area contributed by atoms with Crippen molar-refractivity contribution in [1.82, 2.24) is 5.43 Å². The number of halogens is 2. The molecular weight excluding hydrogens is 140 g/mol. The molecular formula is C5H9F2N3. The average Bonchev–Trinajstić information content (AvgIpc) is 1.87. The second kappa shape index (κ2) is 3.92. The fourth-order valence-corrected chi connectivity index (χ4v) is 0.386. The number of hydrazone groups is 1. The Hall–Kier alpha value is -1.00. The summed E-state index contributed by atoms with van der Waals surface area (Å²) in [6, 6.07) is 0. The topological polar surface area (TPSA) is 48.2 Å². The maximum Gasteiger partial charge on any atom is 0.281 e. The minimum Gasteiger partial charge on any atom is -0.313 e. The Kier molecular flexibility index (Phi) is 3.53. The van der Waals surface area contributed by atoms with Gasteiger partial charge in [-0.25, -0.2) is 8.78 Å². The number of nitrogens with zero attached hydrogens (tertiary/aromatic N) is 1. The van der Waals surface area contributed by atoms with Gasteiger partial charge in [0, 0.05) is 7.05 Å². The molecule has 0 spiro atoms. The number of rotatable bonds is 3. The number of hydrogen-bond acceptors (Lipinski definition) is 3. The van der Waals surface area contributed by atoms with Crippen molar-refractivity contribution in [3.05, 3.63) is 0 Å². The van der Waals surface area contributed by atoms with Crippen molar-refractivity contribution in [2.24, 2.45) is 5.10 Å². The molecule has 0 saturated heterocycles. The molecule has 2 N–H and O–H groups in total. The highest BCUT2D eigenvalue weighted by molar-refractivity contribution is 6.41. The van der Waals surface area contributed by atoms with Crippen LogP contribution in [0.5, 0.6) is 0 Å². The maximum absolute atomic E-state index is 11.7. The zero-order chi connectivity index (χ0) is 8.15. The summed E-state index contributed by atoms with van der Waals surface area (Å²) in [4.78, 5) is 0. The van der Waals surface area contributed by atoms with Crippen molar-refractivity contribution in [2.45, 2.75) is 13.3 Å². The Bertz CT molecular complexity index is 153. The lowest BCUT2D eigenvalue weighted by Gasteiger charge is -1.99. The minimum absolute atomic E-state index is 0.0116. The van der Waals surface area contributed by atoms with Crippen LogP contribution in [-0.2, 0) is 0 Å². The quantitative estimate of drug-likeness (QED) is 0.454. The Morgan fingerprint density at radius 1 is 1.60 bits per heavy atom. The van der Waals surface area contributed by atoms with E-state index in [-0.39, 0.29) is 5.71 Å². The molecule has 0 amide bonds. The first kappa shape index (κ1) is 9.00. The standard InChI is InChI=1S/C5H9F2N3/c1-3(10-9-2)4(8)5(6)7/h5,8-9H,1-2H3/b8-4?,10-3-. The van der Waals surface area contributed by atoms with Gasteiger partial charge in [-0.15, -0.1) is 0 Å². The van der Waals surface area contributed by atoms with Crippen LogP contribution in [0.25, 0.3) is 0 Å². The van der Waals surface area contributed by atoms with Crippen molar-refractivity contribution in [2.75, 3.05) is 7.05 Å². The SMILES string of the molecule is CN/N=C(/C)C(=N)C(F)F. The Morgan fingerprint density at radius 2 is 2.10 bits per heavy atom. The summed E-state index contributed by atoms with van der Waals surface area (Å²) in [6.07, 6.45) is -2.74. The van der Waals surface area contributed by atoms with Gasteiger partial charge in [0.15, 0.2) is 0 Å². The molecule has 0 fully saturated rings.